The third-order valence-electron chi connectivity index (χ3n) is 8.24. The third kappa shape index (κ3) is 3.91. The summed E-state index contributed by atoms with van der Waals surface area (Å²) in [6.45, 7) is 2.00. The number of nitrogens with zero attached hydrogens (tertiary/aromatic N) is 4. The van der Waals surface area contributed by atoms with E-state index >= 15 is 0 Å². The molecule has 4 atom stereocenters. The molecule has 1 aliphatic heterocycles. The zero-order valence-electron chi connectivity index (χ0n) is 21.4. The predicted octanol–water partition coefficient (Wildman–Crippen LogP) is 4.72. The summed E-state index contributed by atoms with van der Waals surface area (Å²) in [5, 5.41) is 29.3. The molecule has 3 N–H and O–H groups in total. The molecule has 0 radical (unpaired) electrons. The van der Waals surface area contributed by atoms with Crippen LogP contribution in [-0.2, 0) is 16.0 Å². The minimum Gasteiger partial charge on any atom is -0.481 e. The lowest BCUT2D eigenvalue weighted by Gasteiger charge is -2.34. The first-order chi connectivity index (χ1) is 18.4. The van der Waals surface area contributed by atoms with E-state index in [1.807, 2.05) is 37.3 Å². The van der Waals surface area contributed by atoms with Crippen LogP contribution in [0.4, 0.5) is 10.5 Å². The maximum Gasteiger partial charge on any atom is 0.414 e. The SMILES string of the molecule is COC(=O)N1c2ccc3c(nc(C(O)c4ccc5[nH]ncc5c4)n3C3CCCC(C(=O)O)C3)c2CC[C@@H]1C. The highest BCUT2D eigenvalue weighted by molar-refractivity contribution is 5.95. The number of anilines is 1. The Hall–Kier alpha value is -3.92. The van der Waals surface area contributed by atoms with Gasteiger partial charge in [-0.25, -0.2) is 9.78 Å². The van der Waals surface area contributed by atoms with Crippen LogP contribution in [0.1, 0.15) is 68.1 Å². The van der Waals surface area contributed by atoms with Crippen molar-refractivity contribution in [1.29, 1.82) is 0 Å². The van der Waals surface area contributed by atoms with Gasteiger partial charge in [-0.05, 0) is 68.9 Å². The number of aliphatic carboxylic acids is 1. The largest absolute Gasteiger partial charge is 0.481 e. The molecule has 2 aliphatic rings. The van der Waals surface area contributed by atoms with Gasteiger partial charge in [-0.3, -0.25) is 14.8 Å². The van der Waals surface area contributed by atoms with E-state index in [1.165, 1.54) is 7.11 Å². The molecule has 3 heterocycles. The van der Waals surface area contributed by atoms with Crippen molar-refractivity contribution in [2.75, 3.05) is 12.0 Å². The number of carbonyl (C=O) groups is 2. The highest BCUT2D eigenvalue weighted by Crippen LogP contribution is 2.42. The van der Waals surface area contributed by atoms with Crippen molar-refractivity contribution in [2.24, 2.45) is 5.92 Å². The number of benzene rings is 2. The first kappa shape index (κ1) is 24.4. The maximum absolute atomic E-state index is 12.6. The van der Waals surface area contributed by atoms with Crippen molar-refractivity contribution in [3.8, 4) is 0 Å². The molecule has 1 aliphatic carbocycles. The smallest absolute Gasteiger partial charge is 0.414 e. The summed E-state index contributed by atoms with van der Waals surface area (Å²) < 4.78 is 7.12. The number of hydrogen-bond donors (Lipinski definition) is 3. The lowest BCUT2D eigenvalue weighted by Crippen LogP contribution is -2.42. The number of aliphatic hydroxyl groups is 1. The molecule has 2 aromatic carbocycles. The van der Waals surface area contributed by atoms with Crippen LogP contribution in [0.25, 0.3) is 21.9 Å². The van der Waals surface area contributed by atoms with E-state index in [-0.39, 0.29) is 12.1 Å². The minimum absolute atomic E-state index is 0.0177. The molecule has 0 bridgehead atoms. The number of aromatic nitrogens is 4. The van der Waals surface area contributed by atoms with Crippen LogP contribution >= 0.6 is 0 Å². The van der Waals surface area contributed by atoms with Crippen LogP contribution in [0.2, 0.25) is 0 Å². The molecule has 10 heteroatoms. The quantitative estimate of drug-likeness (QED) is 0.357. The Morgan fingerprint density at radius 2 is 2.03 bits per heavy atom. The van der Waals surface area contributed by atoms with E-state index in [9.17, 15) is 19.8 Å². The monoisotopic (exact) mass is 517 g/mol. The van der Waals surface area contributed by atoms with Crippen LogP contribution in [0, 0.1) is 5.92 Å². The predicted molar refractivity (Wildman–Crippen MR) is 141 cm³/mol. The van der Waals surface area contributed by atoms with Gasteiger partial charge in [0, 0.05) is 23.0 Å². The van der Waals surface area contributed by atoms with Gasteiger partial charge in [0.2, 0.25) is 0 Å². The van der Waals surface area contributed by atoms with Crippen molar-refractivity contribution < 1.29 is 24.5 Å². The number of methoxy groups -OCH3 is 1. The van der Waals surface area contributed by atoms with Gasteiger partial charge in [0.05, 0.1) is 41.5 Å². The average Bonchev–Trinajstić information content (AvgIpc) is 3.56. The molecule has 1 saturated carbocycles. The van der Waals surface area contributed by atoms with E-state index in [0.29, 0.717) is 24.2 Å². The number of nitrogens with one attached hydrogen (secondary N) is 1. The topological polar surface area (TPSA) is 134 Å². The van der Waals surface area contributed by atoms with Crippen molar-refractivity contribution in [3.63, 3.8) is 0 Å². The number of aromatic amines is 1. The summed E-state index contributed by atoms with van der Waals surface area (Å²) in [5.41, 5.74) is 4.84. The molecule has 6 rings (SSSR count). The summed E-state index contributed by atoms with van der Waals surface area (Å²) in [6, 6.07) is 9.36. The van der Waals surface area contributed by atoms with Crippen molar-refractivity contribution in [2.45, 2.75) is 63.6 Å². The van der Waals surface area contributed by atoms with E-state index in [4.69, 9.17) is 9.72 Å². The van der Waals surface area contributed by atoms with Crippen LogP contribution in [0.5, 0.6) is 0 Å². The zero-order chi connectivity index (χ0) is 26.6. The first-order valence-electron chi connectivity index (χ1n) is 13.1. The van der Waals surface area contributed by atoms with E-state index in [0.717, 1.165) is 58.9 Å². The van der Waals surface area contributed by atoms with Crippen molar-refractivity contribution in [1.82, 2.24) is 19.7 Å². The van der Waals surface area contributed by atoms with Crippen LogP contribution in [0.15, 0.2) is 36.5 Å². The third-order valence-corrected chi connectivity index (χ3v) is 8.24. The van der Waals surface area contributed by atoms with Crippen LogP contribution in [-0.4, -0.2) is 55.2 Å². The van der Waals surface area contributed by atoms with Gasteiger partial charge in [0.25, 0.3) is 0 Å². The normalized spacial score (nSPS) is 22.4. The fraction of sp³-hybridized carbons (Fsp3) is 0.429. The Kier molecular flexibility index (Phi) is 6.06. The second-order valence-electron chi connectivity index (χ2n) is 10.5. The molecule has 1 amide bonds. The molecule has 1 fully saturated rings. The van der Waals surface area contributed by atoms with Gasteiger partial charge in [-0.15, -0.1) is 0 Å². The Morgan fingerprint density at radius 3 is 2.82 bits per heavy atom. The number of carboxylic acids is 1. The number of ether oxygens (including phenoxy) is 1. The number of amides is 1. The van der Waals surface area contributed by atoms with Gasteiger partial charge in [0.15, 0.2) is 0 Å². The summed E-state index contributed by atoms with van der Waals surface area (Å²) in [6.07, 6.45) is 4.48. The Labute approximate surface area is 219 Å². The molecule has 0 saturated heterocycles. The maximum atomic E-state index is 12.6. The molecule has 38 heavy (non-hydrogen) atoms. The molecule has 10 nitrogen and oxygen atoms in total. The van der Waals surface area contributed by atoms with E-state index in [2.05, 4.69) is 14.8 Å². The summed E-state index contributed by atoms with van der Waals surface area (Å²) >= 11 is 0. The van der Waals surface area contributed by atoms with Crippen LogP contribution < -0.4 is 4.90 Å². The number of carboxylic acid groups (broad SMARTS) is 1. The number of aliphatic hydroxyl groups excluding tert-OH is 1. The molecular weight excluding hydrogens is 486 g/mol. The summed E-state index contributed by atoms with van der Waals surface area (Å²) in [5.74, 6) is -0.742. The molecule has 3 unspecified atom stereocenters. The fourth-order valence-electron chi connectivity index (χ4n) is 6.27. The second kappa shape index (κ2) is 9.43. The molecule has 2 aromatic heterocycles. The van der Waals surface area contributed by atoms with E-state index in [1.54, 1.807) is 11.1 Å². The number of imidazole rings is 1. The fourth-order valence-corrected chi connectivity index (χ4v) is 6.27. The Morgan fingerprint density at radius 1 is 1.18 bits per heavy atom. The average molecular weight is 518 g/mol. The van der Waals surface area contributed by atoms with Crippen LogP contribution in [0.3, 0.4) is 0 Å². The molecular formula is C28H31N5O5. The number of carbonyl (C=O) groups excluding carboxylic acids is 1. The van der Waals surface area contributed by atoms with Gasteiger partial charge in [-0.1, -0.05) is 12.5 Å². The summed E-state index contributed by atoms with van der Waals surface area (Å²) in [7, 11) is 1.38. The van der Waals surface area contributed by atoms with Crippen molar-refractivity contribution >= 4 is 39.7 Å². The molecule has 0 spiro atoms. The van der Waals surface area contributed by atoms with Gasteiger partial charge in [-0.2, -0.15) is 5.10 Å². The molecule has 4 aromatic rings. The number of fused-ring (bicyclic) bond motifs is 4. The minimum atomic E-state index is -1.03. The first-order valence-corrected chi connectivity index (χ1v) is 13.1. The number of hydrogen-bond acceptors (Lipinski definition) is 6. The Bertz CT molecular complexity index is 1540. The highest BCUT2D eigenvalue weighted by Gasteiger charge is 2.35. The van der Waals surface area contributed by atoms with Crippen molar-refractivity contribution in [3.05, 3.63) is 53.5 Å². The molecule has 198 valence electrons. The Balaban J connectivity index is 1.53. The zero-order valence-corrected chi connectivity index (χ0v) is 21.4. The number of rotatable bonds is 4. The second-order valence-corrected chi connectivity index (χ2v) is 10.5. The summed E-state index contributed by atoms with van der Waals surface area (Å²) in [4.78, 5) is 31.2. The standard InChI is InChI=1S/C28H31N5O5/c1-15-6-8-20-22(32(15)28(37)38-2)10-11-23-24(20)30-26(33(23)19-5-3-4-17(13-19)27(35)36)25(34)16-7-9-21-18(12-16)14-29-31-21/h7,9-12,14-15,17,19,25,34H,3-6,8,13H2,1-2H3,(H,29,31)(H,35,36)/t15-,17?,19?,25?/m0/s1. The van der Waals surface area contributed by atoms with E-state index < -0.39 is 24.1 Å². The lowest BCUT2D eigenvalue weighted by molar-refractivity contribution is -0.143. The van der Waals surface area contributed by atoms with Gasteiger partial charge < -0.3 is 19.5 Å². The number of aryl methyl sites for hydroxylation is 1. The van der Waals surface area contributed by atoms with Gasteiger partial charge >= 0.3 is 12.1 Å². The lowest BCUT2D eigenvalue weighted by atomic mass is 9.85. The number of H-pyrrole nitrogens is 1. The highest BCUT2D eigenvalue weighted by atomic mass is 16.5. The van der Waals surface area contributed by atoms with Gasteiger partial charge in [0.1, 0.15) is 11.9 Å².